The molecule has 1 aliphatic rings. The molecule has 20 heavy (non-hydrogen) atoms. The van der Waals surface area contributed by atoms with Crippen LogP contribution in [0, 0.1) is 0 Å². The van der Waals surface area contributed by atoms with E-state index >= 15 is 0 Å². The van der Waals surface area contributed by atoms with Crippen molar-refractivity contribution in [1.29, 1.82) is 0 Å². The van der Waals surface area contributed by atoms with E-state index in [1.165, 1.54) is 11.1 Å². The monoisotopic (exact) mass is 396 g/mol. The van der Waals surface area contributed by atoms with Crippen LogP contribution in [0.1, 0.15) is 20.8 Å². The van der Waals surface area contributed by atoms with E-state index in [2.05, 4.69) is 50.1 Å². The molecule has 0 spiro atoms. The molecule has 0 fully saturated rings. The van der Waals surface area contributed by atoms with Crippen molar-refractivity contribution in [2.24, 2.45) is 0 Å². The van der Waals surface area contributed by atoms with Gasteiger partial charge in [-0.25, -0.2) is 0 Å². The number of benzene rings is 2. The first kappa shape index (κ1) is 14.0. The standard InChI is InChI=1S/C16H14Br2O2/c17-15(11-4-2-1-3-5-11)16(18)12-6-7-13-14(10-12)20-9-8-19-13/h1-7,10,15-16H,8-9H2/t15-,16-/m1/s1. The smallest absolute Gasteiger partial charge is 0.161 e. The highest BCUT2D eigenvalue weighted by Gasteiger charge is 2.22. The summed E-state index contributed by atoms with van der Waals surface area (Å²) in [5, 5.41) is 0. The molecule has 0 N–H and O–H groups in total. The largest absolute Gasteiger partial charge is 0.486 e. The van der Waals surface area contributed by atoms with Crippen molar-refractivity contribution >= 4 is 31.9 Å². The zero-order chi connectivity index (χ0) is 13.9. The SMILES string of the molecule is Br[C@H](c1ccccc1)[C@H](Br)c1ccc2c(c1)OCCO2. The molecule has 0 unspecified atom stereocenters. The van der Waals surface area contributed by atoms with Gasteiger partial charge >= 0.3 is 0 Å². The molecule has 104 valence electrons. The lowest BCUT2D eigenvalue weighted by atomic mass is 10.0. The Bertz CT molecular complexity index is 586. The Morgan fingerprint density at radius 3 is 2.15 bits per heavy atom. The van der Waals surface area contributed by atoms with Crippen molar-refractivity contribution in [2.75, 3.05) is 13.2 Å². The van der Waals surface area contributed by atoms with Gasteiger partial charge in [-0.05, 0) is 23.3 Å². The zero-order valence-electron chi connectivity index (χ0n) is 10.8. The molecule has 0 amide bonds. The van der Waals surface area contributed by atoms with Crippen LogP contribution in [0.15, 0.2) is 48.5 Å². The Morgan fingerprint density at radius 2 is 1.40 bits per heavy atom. The summed E-state index contributed by atoms with van der Waals surface area (Å²) in [6.07, 6.45) is 0. The summed E-state index contributed by atoms with van der Waals surface area (Å²) >= 11 is 7.54. The molecule has 1 aliphatic heterocycles. The first-order chi connectivity index (χ1) is 9.75. The summed E-state index contributed by atoms with van der Waals surface area (Å²) in [6, 6.07) is 16.5. The molecule has 2 nitrogen and oxygen atoms in total. The van der Waals surface area contributed by atoms with Crippen molar-refractivity contribution in [3.63, 3.8) is 0 Å². The summed E-state index contributed by atoms with van der Waals surface area (Å²) in [6.45, 7) is 1.23. The van der Waals surface area contributed by atoms with Gasteiger partial charge in [-0.15, -0.1) is 0 Å². The number of hydrogen-bond donors (Lipinski definition) is 0. The molecule has 0 aliphatic carbocycles. The van der Waals surface area contributed by atoms with Crippen LogP contribution in [0.4, 0.5) is 0 Å². The van der Waals surface area contributed by atoms with E-state index in [1.807, 2.05) is 30.3 Å². The Labute approximate surface area is 135 Å². The van der Waals surface area contributed by atoms with Crippen molar-refractivity contribution in [3.05, 3.63) is 59.7 Å². The average molecular weight is 398 g/mol. The fourth-order valence-corrected chi connectivity index (χ4v) is 3.41. The van der Waals surface area contributed by atoms with E-state index in [1.54, 1.807) is 0 Å². The van der Waals surface area contributed by atoms with Crippen LogP contribution in [0.2, 0.25) is 0 Å². The lowest BCUT2D eigenvalue weighted by molar-refractivity contribution is 0.171. The molecule has 2 aromatic rings. The second-order valence-electron chi connectivity index (χ2n) is 4.62. The summed E-state index contributed by atoms with van der Waals surface area (Å²) in [4.78, 5) is 0.368. The first-order valence-corrected chi connectivity index (χ1v) is 8.31. The number of fused-ring (bicyclic) bond motifs is 1. The highest BCUT2D eigenvalue weighted by molar-refractivity contribution is 9.12. The molecule has 2 aromatic carbocycles. The Morgan fingerprint density at radius 1 is 0.750 bits per heavy atom. The molecule has 0 saturated carbocycles. The van der Waals surface area contributed by atoms with Crippen LogP contribution in [0.3, 0.4) is 0 Å². The number of alkyl halides is 2. The van der Waals surface area contributed by atoms with Gasteiger partial charge < -0.3 is 9.47 Å². The quantitative estimate of drug-likeness (QED) is 0.676. The summed E-state index contributed by atoms with van der Waals surface area (Å²) in [5.74, 6) is 1.65. The molecular weight excluding hydrogens is 384 g/mol. The fourth-order valence-electron chi connectivity index (χ4n) is 2.21. The average Bonchev–Trinajstić information content (AvgIpc) is 2.54. The molecule has 0 saturated heterocycles. The Hall–Kier alpha value is -1.00. The van der Waals surface area contributed by atoms with Gasteiger partial charge in [-0.2, -0.15) is 0 Å². The minimum Gasteiger partial charge on any atom is -0.486 e. The topological polar surface area (TPSA) is 18.5 Å². The van der Waals surface area contributed by atoms with Gasteiger partial charge in [0.15, 0.2) is 11.5 Å². The van der Waals surface area contributed by atoms with E-state index < -0.39 is 0 Å². The summed E-state index contributed by atoms with van der Waals surface area (Å²) in [5.41, 5.74) is 2.41. The Kier molecular flexibility index (Phi) is 4.32. The predicted molar refractivity (Wildman–Crippen MR) is 87.2 cm³/mol. The summed E-state index contributed by atoms with van der Waals surface area (Å²) < 4.78 is 11.2. The van der Waals surface area contributed by atoms with Crippen LogP contribution < -0.4 is 9.47 Å². The lowest BCUT2D eigenvalue weighted by Crippen LogP contribution is -2.15. The van der Waals surface area contributed by atoms with Gasteiger partial charge in [0, 0.05) is 0 Å². The van der Waals surface area contributed by atoms with Gasteiger partial charge in [0.25, 0.3) is 0 Å². The normalized spacial score (nSPS) is 16.5. The number of rotatable bonds is 3. The third-order valence-corrected chi connectivity index (χ3v) is 6.08. The first-order valence-electron chi connectivity index (χ1n) is 6.48. The minimum absolute atomic E-state index is 0.167. The zero-order valence-corrected chi connectivity index (χ0v) is 13.9. The van der Waals surface area contributed by atoms with Gasteiger partial charge in [-0.1, -0.05) is 68.3 Å². The Balaban J connectivity index is 1.85. The predicted octanol–water partition coefficient (Wildman–Crippen LogP) is 5.03. The molecule has 3 rings (SSSR count). The maximum absolute atomic E-state index is 5.64. The van der Waals surface area contributed by atoms with Crippen molar-refractivity contribution in [1.82, 2.24) is 0 Å². The second-order valence-corrected chi connectivity index (χ2v) is 6.59. The lowest BCUT2D eigenvalue weighted by Gasteiger charge is -2.22. The van der Waals surface area contributed by atoms with E-state index in [0.29, 0.717) is 13.2 Å². The third-order valence-electron chi connectivity index (χ3n) is 3.26. The third kappa shape index (κ3) is 2.86. The van der Waals surface area contributed by atoms with E-state index in [-0.39, 0.29) is 9.65 Å². The maximum Gasteiger partial charge on any atom is 0.161 e. The van der Waals surface area contributed by atoms with Crippen molar-refractivity contribution < 1.29 is 9.47 Å². The molecular formula is C16H14Br2O2. The van der Waals surface area contributed by atoms with Gasteiger partial charge in [0.2, 0.25) is 0 Å². The minimum atomic E-state index is 0.167. The van der Waals surface area contributed by atoms with Crippen LogP contribution in [0.5, 0.6) is 11.5 Å². The number of hydrogen-bond acceptors (Lipinski definition) is 2. The molecule has 4 heteroatoms. The molecule has 1 heterocycles. The summed E-state index contributed by atoms with van der Waals surface area (Å²) in [7, 11) is 0. The van der Waals surface area contributed by atoms with E-state index in [0.717, 1.165) is 11.5 Å². The van der Waals surface area contributed by atoms with Gasteiger partial charge in [-0.3, -0.25) is 0 Å². The molecule has 0 aromatic heterocycles. The second kappa shape index (κ2) is 6.19. The molecule has 0 radical (unpaired) electrons. The number of ether oxygens (including phenoxy) is 2. The van der Waals surface area contributed by atoms with E-state index in [4.69, 9.17) is 9.47 Å². The number of halogens is 2. The van der Waals surface area contributed by atoms with Crippen molar-refractivity contribution in [3.8, 4) is 11.5 Å². The van der Waals surface area contributed by atoms with Crippen molar-refractivity contribution in [2.45, 2.75) is 9.65 Å². The van der Waals surface area contributed by atoms with E-state index in [9.17, 15) is 0 Å². The maximum atomic E-state index is 5.64. The highest BCUT2D eigenvalue weighted by atomic mass is 79.9. The van der Waals surface area contributed by atoms with Crippen LogP contribution in [0.25, 0.3) is 0 Å². The van der Waals surface area contributed by atoms with Crippen LogP contribution in [-0.2, 0) is 0 Å². The van der Waals surface area contributed by atoms with Gasteiger partial charge in [0.05, 0.1) is 9.65 Å². The van der Waals surface area contributed by atoms with Gasteiger partial charge in [0.1, 0.15) is 13.2 Å². The van der Waals surface area contributed by atoms with Crippen LogP contribution in [-0.4, -0.2) is 13.2 Å². The van der Waals surface area contributed by atoms with Crippen LogP contribution >= 0.6 is 31.9 Å². The highest BCUT2D eigenvalue weighted by Crippen LogP contribution is 2.44. The fraction of sp³-hybridized carbons (Fsp3) is 0.250. The molecule has 2 atom stereocenters. The molecule has 0 bridgehead atoms.